The zero-order chi connectivity index (χ0) is 11.5. The van der Waals surface area contributed by atoms with Crippen molar-refractivity contribution < 1.29 is 9.47 Å². The molecule has 1 heterocycles. The summed E-state index contributed by atoms with van der Waals surface area (Å²) < 4.78 is 10.6. The van der Waals surface area contributed by atoms with Gasteiger partial charge in [-0.2, -0.15) is 0 Å². The molecule has 0 amide bonds. The summed E-state index contributed by atoms with van der Waals surface area (Å²) in [6.45, 7) is 2.14. The van der Waals surface area contributed by atoms with Gasteiger partial charge in [-0.25, -0.2) is 0 Å². The Bertz CT molecular complexity index is 366. The number of methoxy groups -OCH3 is 1. The van der Waals surface area contributed by atoms with Crippen molar-refractivity contribution in [2.24, 2.45) is 11.7 Å². The molecule has 0 bridgehead atoms. The molecule has 0 saturated carbocycles. The van der Waals surface area contributed by atoms with E-state index in [0.29, 0.717) is 12.5 Å². The molecule has 1 aliphatic heterocycles. The fourth-order valence-corrected chi connectivity index (χ4v) is 2.24. The van der Waals surface area contributed by atoms with Crippen molar-refractivity contribution in [3.63, 3.8) is 0 Å². The Kier molecular flexibility index (Phi) is 3.69. The first-order valence-electron chi connectivity index (χ1n) is 5.37. The van der Waals surface area contributed by atoms with Crippen LogP contribution in [0.2, 0.25) is 5.02 Å². The molecule has 1 aliphatic rings. The molecule has 1 atom stereocenters. The van der Waals surface area contributed by atoms with E-state index in [2.05, 4.69) is 0 Å². The van der Waals surface area contributed by atoms with E-state index in [1.54, 1.807) is 7.11 Å². The highest BCUT2D eigenvalue weighted by atomic mass is 35.5. The maximum absolute atomic E-state index is 6.01. The lowest BCUT2D eigenvalue weighted by molar-refractivity contribution is -0.0439. The van der Waals surface area contributed by atoms with Crippen molar-refractivity contribution in [1.82, 2.24) is 0 Å². The van der Waals surface area contributed by atoms with E-state index in [-0.39, 0.29) is 5.92 Å². The number of hydrogen-bond acceptors (Lipinski definition) is 3. The quantitative estimate of drug-likeness (QED) is 0.878. The summed E-state index contributed by atoms with van der Waals surface area (Å²) >= 11 is 6.01. The third-order valence-corrected chi connectivity index (χ3v) is 3.31. The van der Waals surface area contributed by atoms with Gasteiger partial charge in [-0.1, -0.05) is 11.6 Å². The van der Waals surface area contributed by atoms with Gasteiger partial charge in [-0.3, -0.25) is 0 Å². The smallest absolute Gasteiger partial charge is 0.122 e. The van der Waals surface area contributed by atoms with Crippen LogP contribution in [0.4, 0.5) is 0 Å². The Balaban J connectivity index is 2.31. The lowest BCUT2D eigenvalue weighted by Crippen LogP contribution is -2.36. The summed E-state index contributed by atoms with van der Waals surface area (Å²) in [6, 6.07) is 5.66. The monoisotopic (exact) mass is 241 g/mol. The van der Waals surface area contributed by atoms with Crippen molar-refractivity contribution in [2.45, 2.75) is 5.92 Å². The van der Waals surface area contributed by atoms with Gasteiger partial charge in [0.05, 0.1) is 20.3 Å². The van der Waals surface area contributed by atoms with Crippen LogP contribution in [0.25, 0.3) is 0 Å². The Morgan fingerprint density at radius 1 is 1.56 bits per heavy atom. The SMILES string of the molecule is COc1ccc(Cl)cc1C(CN)C1COC1. The fraction of sp³-hybridized carbons (Fsp3) is 0.500. The van der Waals surface area contributed by atoms with Crippen LogP contribution < -0.4 is 10.5 Å². The Morgan fingerprint density at radius 2 is 2.31 bits per heavy atom. The molecule has 0 radical (unpaired) electrons. The van der Waals surface area contributed by atoms with Crippen LogP contribution in [-0.2, 0) is 4.74 Å². The third-order valence-electron chi connectivity index (χ3n) is 3.08. The first-order valence-corrected chi connectivity index (χ1v) is 5.75. The maximum Gasteiger partial charge on any atom is 0.122 e. The zero-order valence-electron chi connectivity index (χ0n) is 9.28. The molecule has 4 heteroatoms. The zero-order valence-corrected chi connectivity index (χ0v) is 10.0. The topological polar surface area (TPSA) is 44.5 Å². The lowest BCUT2D eigenvalue weighted by atomic mass is 9.84. The predicted molar refractivity (Wildman–Crippen MR) is 64.1 cm³/mol. The number of benzene rings is 1. The van der Waals surface area contributed by atoms with Gasteiger partial charge in [0.25, 0.3) is 0 Å². The second-order valence-corrected chi connectivity index (χ2v) is 4.46. The number of ether oxygens (including phenoxy) is 2. The van der Waals surface area contributed by atoms with Crippen LogP contribution in [-0.4, -0.2) is 26.9 Å². The summed E-state index contributed by atoms with van der Waals surface area (Å²) in [5.41, 5.74) is 6.92. The molecule has 1 saturated heterocycles. The Labute approximate surface area is 100 Å². The second-order valence-electron chi connectivity index (χ2n) is 4.03. The van der Waals surface area contributed by atoms with Crippen molar-refractivity contribution in [1.29, 1.82) is 0 Å². The molecular weight excluding hydrogens is 226 g/mol. The lowest BCUT2D eigenvalue weighted by Gasteiger charge is -2.34. The molecule has 88 valence electrons. The second kappa shape index (κ2) is 5.04. The third kappa shape index (κ3) is 2.17. The molecule has 2 N–H and O–H groups in total. The van der Waals surface area contributed by atoms with Gasteiger partial charge in [-0.05, 0) is 24.7 Å². The minimum Gasteiger partial charge on any atom is -0.496 e. The summed E-state index contributed by atoms with van der Waals surface area (Å²) in [5, 5.41) is 0.717. The van der Waals surface area contributed by atoms with Gasteiger partial charge in [-0.15, -0.1) is 0 Å². The van der Waals surface area contributed by atoms with Crippen LogP contribution in [0.3, 0.4) is 0 Å². The Hall–Kier alpha value is -0.770. The molecule has 0 aromatic heterocycles. The van der Waals surface area contributed by atoms with Crippen LogP contribution in [0.5, 0.6) is 5.75 Å². The van der Waals surface area contributed by atoms with Gasteiger partial charge < -0.3 is 15.2 Å². The summed E-state index contributed by atoms with van der Waals surface area (Å²) in [6.07, 6.45) is 0. The minimum absolute atomic E-state index is 0.266. The average Bonchev–Trinajstić information content (AvgIpc) is 2.23. The molecule has 16 heavy (non-hydrogen) atoms. The number of halogens is 1. The first kappa shape index (κ1) is 11.7. The molecule has 0 spiro atoms. The number of nitrogens with two attached hydrogens (primary N) is 1. The normalized spacial score (nSPS) is 17.9. The van der Waals surface area contributed by atoms with E-state index in [1.165, 1.54) is 0 Å². The van der Waals surface area contributed by atoms with Crippen molar-refractivity contribution in [2.75, 3.05) is 26.9 Å². The average molecular weight is 242 g/mol. The molecule has 1 aromatic carbocycles. The highest BCUT2D eigenvalue weighted by molar-refractivity contribution is 6.30. The van der Waals surface area contributed by atoms with Gasteiger partial charge in [0, 0.05) is 22.4 Å². The van der Waals surface area contributed by atoms with Gasteiger partial charge in [0.1, 0.15) is 5.75 Å². The van der Waals surface area contributed by atoms with E-state index in [0.717, 1.165) is 29.5 Å². The van der Waals surface area contributed by atoms with E-state index >= 15 is 0 Å². The molecular formula is C12H16ClNO2. The Morgan fingerprint density at radius 3 is 2.81 bits per heavy atom. The van der Waals surface area contributed by atoms with Crippen molar-refractivity contribution in [3.05, 3.63) is 28.8 Å². The largest absolute Gasteiger partial charge is 0.496 e. The molecule has 1 aromatic rings. The fourth-order valence-electron chi connectivity index (χ4n) is 2.05. The van der Waals surface area contributed by atoms with E-state index in [9.17, 15) is 0 Å². The highest BCUT2D eigenvalue weighted by Gasteiger charge is 2.30. The molecule has 2 rings (SSSR count). The van der Waals surface area contributed by atoms with Crippen LogP contribution >= 0.6 is 11.6 Å². The standard InChI is InChI=1S/C12H16ClNO2/c1-15-12-3-2-9(13)4-10(12)11(5-14)8-6-16-7-8/h2-4,8,11H,5-7,14H2,1H3. The highest BCUT2D eigenvalue weighted by Crippen LogP contribution is 2.36. The van der Waals surface area contributed by atoms with Crippen molar-refractivity contribution >= 4 is 11.6 Å². The van der Waals surface area contributed by atoms with Gasteiger partial charge in [0.15, 0.2) is 0 Å². The minimum atomic E-state index is 0.266. The summed E-state index contributed by atoms with van der Waals surface area (Å²) in [5.74, 6) is 1.60. The molecule has 0 aliphatic carbocycles. The van der Waals surface area contributed by atoms with Crippen LogP contribution in [0, 0.1) is 5.92 Å². The van der Waals surface area contributed by atoms with Crippen LogP contribution in [0.1, 0.15) is 11.5 Å². The van der Waals surface area contributed by atoms with Gasteiger partial charge >= 0.3 is 0 Å². The molecule has 1 fully saturated rings. The number of hydrogen-bond donors (Lipinski definition) is 1. The summed E-state index contributed by atoms with van der Waals surface area (Å²) in [4.78, 5) is 0. The predicted octanol–water partition coefficient (Wildman–Crippen LogP) is 2.04. The van der Waals surface area contributed by atoms with Crippen LogP contribution in [0.15, 0.2) is 18.2 Å². The number of rotatable bonds is 4. The summed E-state index contributed by atoms with van der Waals surface area (Å²) in [7, 11) is 1.66. The van der Waals surface area contributed by atoms with E-state index in [1.807, 2.05) is 18.2 Å². The first-order chi connectivity index (χ1) is 7.76. The van der Waals surface area contributed by atoms with E-state index < -0.39 is 0 Å². The molecule has 1 unspecified atom stereocenters. The van der Waals surface area contributed by atoms with E-state index in [4.69, 9.17) is 26.8 Å². The van der Waals surface area contributed by atoms with Gasteiger partial charge in [0.2, 0.25) is 0 Å². The molecule has 3 nitrogen and oxygen atoms in total. The van der Waals surface area contributed by atoms with Crippen molar-refractivity contribution in [3.8, 4) is 5.75 Å². The maximum atomic E-state index is 6.01.